The van der Waals surface area contributed by atoms with Gasteiger partial charge in [0.1, 0.15) is 0 Å². The van der Waals surface area contributed by atoms with E-state index in [0.717, 1.165) is 13.1 Å². The van der Waals surface area contributed by atoms with Gasteiger partial charge in [-0.05, 0) is 11.1 Å². The molecule has 0 saturated carbocycles. The molecule has 78 valence electrons. The standard InChI is InChI=1S/C14H15N.Li.H/c1-3-7-13(8-4-1)11-15-12-14-9-5-2-6-10-14;;/h1-10,15H,11-12H2;;. The van der Waals surface area contributed by atoms with Crippen molar-refractivity contribution in [1.29, 1.82) is 0 Å². The SMILES string of the molecule is [LiH].c1ccc(CNCc2ccccc2)cc1. The van der Waals surface area contributed by atoms with Crippen LogP contribution in [0.1, 0.15) is 11.1 Å². The Labute approximate surface area is 109 Å². The maximum absolute atomic E-state index is 3.42. The van der Waals surface area contributed by atoms with Gasteiger partial charge in [0, 0.05) is 13.1 Å². The Bertz CT molecular complexity index is 346. The zero-order valence-electron chi connectivity index (χ0n) is 8.69. The average Bonchev–Trinajstić information content (AvgIpc) is 2.32. The Kier molecular flexibility index (Phi) is 5.96. The fourth-order valence-corrected chi connectivity index (χ4v) is 1.54. The summed E-state index contributed by atoms with van der Waals surface area (Å²) in [5.74, 6) is 0. The summed E-state index contributed by atoms with van der Waals surface area (Å²) in [6, 6.07) is 20.9. The topological polar surface area (TPSA) is 12.0 Å². The summed E-state index contributed by atoms with van der Waals surface area (Å²) in [5, 5.41) is 3.42. The quantitative estimate of drug-likeness (QED) is 0.755. The molecule has 0 aliphatic heterocycles. The molecule has 2 rings (SSSR count). The zero-order chi connectivity index (χ0) is 10.3. The normalized spacial score (nSPS) is 9.50. The van der Waals surface area contributed by atoms with E-state index >= 15 is 0 Å². The maximum atomic E-state index is 3.42. The Morgan fingerprint density at radius 1 is 0.625 bits per heavy atom. The van der Waals surface area contributed by atoms with Crippen molar-refractivity contribution < 1.29 is 0 Å². The van der Waals surface area contributed by atoms with Gasteiger partial charge in [0.2, 0.25) is 0 Å². The molecule has 0 aliphatic carbocycles. The van der Waals surface area contributed by atoms with E-state index in [0.29, 0.717) is 0 Å². The molecular formula is C14H16LiN. The van der Waals surface area contributed by atoms with Crippen molar-refractivity contribution >= 4 is 18.9 Å². The Hall–Kier alpha value is -1.00. The zero-order valence-corrected chi connectivity index (χ0v) is 8.69. The van der Waals surface area contributed by atoms with Crippen LogP contribution in [-0.2, 0) is 13.1 Å². The van der Waals surface area contributed by atoms with Gasteiger partial charge in [0.05, 0.1) is 0 Å². The molecule has 0 unspecified atom stereocenters. The molecule has 0 bridgehead atoms. The number of hydrogen-bond acceptors (Lipinski definition) is 1. The van der Waals surface area contributed by atoms with Gasteiger partial charge in [-0.3, -0.25) is 0 Å². The first-order valence-electron chi connectivity index (χ1n) is 5.24. The molecule has 1 nitrogen and oxygen atoms in total. The van der Waals surface area contributed by atoms with Gasteiger partial charge in [0.25, 0.3) is 0 Å². The van der Waals surface area contributed by atoms with E-state index in [9.17, 15) is 0 Å². The van der Waals surface area contributed by atoms with Crippen molar-refractivity contribution in [2.75, 3.05) is 0 Å². The molecule has 0 spiro atoms. The first kappa shape index (κ1) is 13.1. The van der Waals surface area contributed by atoms with Crippen LogP contribution in [0.4, 0.5) is 0 Å². The first-order valence-corrected chi connectivity index (χ1v) is 5.24. The van der Waals surface area contributed by atoms with E-state index in [1.165, 1.54) is 11.1 Å². The average molecular weight is 205 g/mol. The summed E-state index contributed by atoms with van der Waals surface area (Å²) in [6.07, 6.45) is 0. The molecule has 2 aromatic carbocycles. The van der Waals surface area contributed by atoms with Gasteiger partial charge < -0.3 is 5.32 Å². The number of hydrogen-bond donors (Lipinski definition) is 1. The summed E-state index contributed by atoms with van der Waals surface area (Å²) < 4.78 is 0. The molecule has 0 radical (unpaired) electrons. The third-order valence-electron chi connectivity index (χ3n) is 2.34. The van der Waals surface area contributed by atoms with Crippen molar-refractivity contribution in [2.45, 2.75) is 13.1 Å². The molecule has 2 heteroatoms. The monoisotopic (exact) mass is 205 g/mol. The second-order valence-electron chi connectivity index (χ2n) is 3.57. The second kappa shape index (κ2) is 7.30. The van der Waals surface area contributed by atoms with Crippen molar-refractivity contribution in [3.8, 4) is 0 Å². The van der Waals surface area contributed by atoms with Crippen LogP contribution in [-0.4, -0.2) is 18.9 Å². The largest absolute Gasteiger partial charge is 0.309 e. The molecule has 0 saturated heterocycles. The molecule has 1 N–H and O–H groups in total. The van der Waals surface area contributed by atoms with E-state index in [4.69, 9.17) is 0 Å². The summed E-state index contributed by atoms with van der Waals surface area (Å²) in [5.41, 5.74) is 2.65. The Morgan fingerprint density at radius 2 is 1.00 bits per heavy atom. The summed E-state index contributed by atoms with van der Waals surface area (Å²) in [4.78, 5) is 0. The fraction of sp³-hybridized carbons (Fsp3) is 0.143. The van der Waals surface area contributed by atoms with E-state index in [1.807, 2.05) is 12.1 Å². The second-order valence-corrected chi connectivity index (χ2v) is 3.57. The van der Waals surface area contributed by atoms with Crippen LogP contribution in [0.5, 0.6) is 0 Å². The molecule has 0 fully saturated rings. The minimum atomic E-state index is 0. The third kappa shape index (κ3) is 4.24. The molecule has 0 aliphatic rings. The third-order valence-corrected chi connectivity index (χ3v) is 2.34. The van der Waals surface area contributed by atoms with Crippen LogP contribution in [0.15, 0.2) is 60.7 Å². The summed E-state index contributed by atoms with van der Waals surface area (Å²) in [6.45, 7) is 1.85. The van der Waals surface area contributed by atoms with Crippen LogP contribution in [0.3, 0.4) is 0 Å². The molecular weight excluding hydrogens is 189 g/mol. The fourth-order valence-electron chi connectivity index (χ4n) is 1.54. The summed E-state index contributed by atoms with van der Waals surface area (Å²) >= 11 is 0. The molecule has 0 aromatic heterocycles. The van der Waals surface area contributed by atoms with E-state index in [1.54, 1.807) is 0 Å². The Morgan fingerprint density at radius 3 is 1.38 bits per heavy atom. The predicted molar refractivity (Wildman–Crippen MR) is 70.6 cm³/mol. The van der Waals surface area contributed by atoms with Gasteiger partial charge in [-0.2, -0.15) is 0 Å². The molecule has 2 aromatic rings. The van der Waals surface area contributed by atoms with Gasteiger partial charge in [-0.15, -0.1) is 0 Å². The minimum absolute atomic E-state index is 0. The molecule has 0 atom stereocenters. The first-order chi connectivity index (χ1) is 7.45. The number of benzene rings is 2. The molecule has 16 heavy (non-hydrogen) atoms. The predicted octanol–water partition coefficient (Wildman–Crippen LogP) is 2.33. The summed E-state index contributed by atoms with van der Waals surface area (Å²) in [7, 11) is 0. The van der Waals surface area contributed by atoms with Gasteiger partial charge >= 0.3 is 18.9 Å². The minimum Gasteiger partial charge on any atom is -0.309 e. The smallest absolute Gasteiger partial charge is 0.0208 e. The Balaban J connectivity index is 0.00000128. The van der Waals surface area contributed by atoms with Crippen molar-refractivity contribution in [3.05, 3.63) is 71.8 Å². The van der Waals surface area contributed by atoms with Crippen molar-refractivity contribution in [3.63, 3.8) is 0 Å². The van der Waals surface area contributed by atoms with Gasteiger partial charge in [-0.25, -0.2) is 0 Å². The maximum Gasteiger partial charge on any atom is 0.0208 e. The van der Waals surface area contributed by atoms with Crippen LogP contribution in [0.2, 0.25) is 0 Å². The van der Waals surface area contributed by atoms with Crippen LogP contribution < -0.4 is 5.32 Å². The van der Waals surface area contributed by atoms with Crippen molar-refractivity contribution in [1.82, 2.24) is 5.32 Å². The van der Waals surface area contributed by atoms with E-state index < -0.39 is 0 Å². The van der Waals surface area contributed by atoms with Crippen LogP contribution in [0.25, 0.3) is 0 Å². The number of nitrogens with one attached hydrogen (secondary N) is 1. The van der Waals surface area contributed by atoms with E-state index in [2.05, 4.69) is 53.8 Å². The van der Waals surface area contributed by atoms with Crippen LogP contribution >= 0.6 is 0 Å². The van der Waals surface area contributed by atoms with Crippen molar-refractivity contribution in [2.24, 2.45) is 0 Å². The molecule has 0 heterocycles. The molecule has 0 amide bonds. The van der Waals surface area contributed by atoms with Gasteiger partial charge in [-0.1, -0.05) is 60.7 Å². The van der Waals surface area contributed by atoms with Gasteiger partial charge in [0.15, 0.2) is 0 Å². The van der Waals surface area contributed by atoms with E-state index in [-0.39, 0.29) is 18.9 Å². The number of rotatable bonds is 4. The van der Waals surface area contributed by atoms with Crippen LogP contribution in [0, 0.1) is 0 Å².